The predicted octanol–water partition coefficient (Wildman–Crippen LogP) is 2.35. The molecule has 4 bridgehead atoms. The first-order chi connectivity index (χ1) is 8.78. The van der Waals surface area contributed by atoms with Gasteiger partial charge in [0.15, 0.2) is 0 Å². The van der Waals surface area contributed by atoms with Crippen LogP contribution in [0.3, 0.4) is 0 Å². The first-order valence-corrected chi connectivity index (χ1v) is 8.23. The van der Waals surface area contributed by atoms with Crippen molar-refractivity contribution in [3.05, 3.63) is 0 Å². The Bertz CT molecular complexity index is 286. The van der Waals surface area contributed by atoms with Gasteiger partial charge in [-0.25, -0.2) is 0 Å². The van der Waals surface area contributed by atoms with E-state index in [1.54, 1.807) is 32.1 Å². The van der Waals surface area contributed by atoms with Crippen molar-refractivity contribution in [3.8, 4) is 0 Å². The topological polar surface area (TPSA) is 15.3 Å². The minimum absolute atomic E-state index is 0.704. The molecule has 0 aromatic heterocycles. The highest BCUT2D eigenvalue weighted by Crippen LogP contribution is 2.56. The van der Waals surface area contributed by atoms with E-state index in [1.807, 2.05) is 0 Å². The summed E-state index contributed by atoms with van der Waals surface area (Å²) in [4.78, 5) is 2.76. The highest BCUT2D eigenvalue weighted by Gasteiger charge is 2.48. The average molecular weight is 248 g/mol. The summed E-state index contributed by atoms with van der Waals surface area (Å²) in [7, 11) is 0. The Morgan fingerprint density at radius 3 is 2.28 bits per heavy atom. The number of hydrogen-bond donors (Lipinski definition) is 1. The van der Waals surface area contributed by atoms with Gasteiger partial charge in [-0.05, 0) is 68.6 Å². The van der Waals surface area contributed by atoms with Crippen molar-refractivity contribution in [2.75, 3.05) is 26.2 Å². The summed E-state index contributed by atoms with van der Waals surface area (Å²) in [6.45, 7) is 7.52. The molecular formula is C16H28N2. The van der Waals surface area contributed by atoms with E-state index in [1.165, 1.54) is 26.2 Å². The van der Waals surface area contributed by atoms with Crippen molar-refractivity contribution in [2.45, 2.75) is 45.1 Å². The van der Waals surface area contributed by atoms with Crippen LogP contribution in [-0.4, -0.2) is 37.1 Å². The standard InChI is InChI=1S/C16H28N2/c1-11-9-18(3-2-17-11)10-16-14-5-12-4-13(7-14)8-15(16)6-12/h11-17H,2-10H2,1H3. The Morgan fingerprint density at radius 1 is 1.00 bits per heavy atom. The summed E-state index contributed by atoms with van der Waals surface area (Å²) < 4.78 is 0. The Labute approximate surface area is 111 Å². The molecule has 18 heavy (non-hydrogen) atoms. The molecule has 102 valence electrons. The van der Waals surface area contributed by atoms with Crippen LogP contribution in [0.1, 0.15) is 39.0 Å². The zero-order chi connectivity index (χ0) is 12.1. The SMILES string of the molecule is CC1CN(CC2C3CC4CC(C3)CC2C4)CCN1. The zero-order valence-corrected chi connectivity index (χ0v) is 11.8. The summed E-state index contributed by atoms with van der Waals surface area (Å²) in [6, 6.07) is 0.704. The van der Waals surface area contributed by atoms with Gasteiger partial charge in [-0.15, -0.1) is 0 Å². The molecule has 1 N–H and O–H groups in total. The van der Waals surface area contributed by atoms with Gasteiger partial charge in [-0.3, -0.25) is 0 Å². The second-order valence-electron chi connectivity index (χ2n) is 7.71. The number of rotatable bonds is 2. The fraction of sp³-hybridized carbons (Fsp3) is 1.00. The molecule has 1 saturated heterocycles. The van der Waals surface area contributed by atoms with Gasteiger partial charge in [0.1, 0.15) is 0 Å². The van der Waals surface area contributed by atoms with Crippen molar-refractivity contribution in [2.24, 2.45) is 29.6 Å². The van der Waals surface area contributed by atoms with Crippen molar-refractivity contribution in [1.82, 2.24) is 10.2 Å². The molecule has 1 unspecified atom stereocenters. The van der Waals surface area contributed by atoms with Crippen LogP contribution in [-0.2, 0) is 0 Å². The van der Waals surface area contributed by atoms with Crippen LogP contribution >= 0.6 is 0 Å². The minimum atomic E-state index is 0.704. The molecule has 4 aliphatic carbocycles. The van der Waals surface area contributed by atoms with E-state index in [0.717, 1.165) is 29.6 Å². The molecule has 2 nitrogen and oxygen atoms in total. The van der Waals surface area contributed by atoms with Gasteiger partial charge in [-0.1, -0.05) is 0 Å². The quantitative estimate of drug-likeness (QED) is 0.807. The first-order valence-electron chi connectivity index (χ1n) is 8.23. The number of hydrogen-bond acceptors (Lipinski definition) is 2. The van der Waals surface area contributed by atoms with E-state index in [-0.39, 0.29) is 0 Å². The molecule has 5 fully saturated rings. The molecule has 1 heterocycles. The Balaban J connectivity index is 1.42. The van der Waals surface area contributed by atoms with Crippen molar-refractivity contribution in [3.63, 3.8) is 0 Å². The highest BCUT2D eigenvalue weighted by molar-refractivity contribution is 4.99. The molecule has 2 heteroatoms. The fourth-order valence-electron chi connectivity index (χ4n) is 5.81. The maximum absolute atomic E-state index is 3.57. The minimum Gasteiger partial charge on any atom is -0.312 e. The summed E-state index contributed by atoms with van der Waals surface area (Å²) in [5.41, 5.74) is 0. The van der Waals surface area contributed by atoms with Gasteiger partial charge in [0.25, 0.3) is 0 Å². The van der Waals surface area contributed by atoms with Crippen LogP contribution in [0.4, 0.5) is 0 Å². The smallest absolute Gasteiger partial charge is 0.0167 e. The van der Waals surface area contributed by atoms with E-state index in [4.69, 9.17) is 0 Å². The Kier molecular flexibility index (Phi) is 2.92. The molecule has 1 atom stereocenters. The second-order valence-corrected chi connectivity index (χ2v) is 7.71. The van der Waals surface area contributed by atoms with Crippen molar-refractivity contribution < 1.29 is 0 Å². The lowest BCUT2D eigenvalue weighted by Crippen LogP contribution is -2.54. The lowest BCUT2D eigenvalue weighted by Gasteiger charge is -2.55. The number of nitrogens with one attached hydrogen (secondary N) is 1. The van der Waals surface area contributed by atoms with Gasteiger partial charge in [-0.2, -0.15) is 0 Å². The largest absolute Gasteiger partial charge is 0.312 e. The molecule has 5 aliphatic rings. The monoisotopic (exact) mass is 248 g/mol. The van der Waals surface area contributed by atoms with Gasteiger partial charge >= 0.3 is 0 Å². The van der Waals surface area contributed by atoms with Crippen molar-refractivity contribution in [1.29, 1.82) is 0 Å². The van der Waals surface area contributed by atoms with Gasteiger partial charge < -0.3 is 10.2 Å². The lowest BCUT2D eigenvalue weighted by molar-refractivity contribution is -0.0510. The van der Waals surface area contributed by atoms with E-state index in [2.05, 4.69) is 17.1 Å². The van der Waals surface area contributed by atoms with Gasteiger partial charge in [0.2, 0.25) is 0 Å². The summed E-state index contributed by atoms with van der Waals surface area (Å²) in [5.74, 6) is 5.53. The van der Waals surface area contributed by atoms with Crippen LogP contribution in [0, 0.1) is 29.6 Å². The van der Waals surface area contributed by atoms with Crippen LogP contribution < -0.4 is 5.32 Å². The van der Waals surface area contributed by atoms with Crippen LogP contribution in [0.25, 0.3) is 0 Å². The first kappa shape index (κ1) is 11.7. The fourth-order valence-corrected chi connectivity index (χ4v) is 5.81. The molecule has 0 aromatic carbocycles. The summed E-state index contributed by atoms with van der Waals surface area (Å²) in [5, 5.41) is 3.57. The predicted molar refractivity (Wildman–Crippen MR) is 74.4 cm³/mol. The van der Waals surface area contributed by atoms with E-state index >= 15 is 0 Å². The van der Waals surface area contributed by atoms with Crippen LogP contribution in [0.15, 0.2) is 0 Å². The van der Waals surface area contributed by atoms with E-state index < -0.39 is 0 Å². The lowest BCUT2D eigenvalue weighted by atomic mass is 9.52. The molecule has 0 amide bonds. The number of nitrogens with zero attached hydrogens (tertiary/aromatic N) is 1. The normalized spacial score (nSPS) is 51.8. The molecular weight excluding hydrogens is 220 g/mol. The molecule has 0 aromatic rings. The maximum atomic E-state index is 3.57. The average Bonchev–Trinajstić information content (AvgIpc) is 2.33. The van der Waals surface area contributed by atoms with Crippen molar-refractivity contribution >= 4 is 0 Å². The molecule has 1 aliphatic heterocycles. The van der Waals surface area contributed by atoms with Gasteiger partial charge in [0.05, 0.1) is 0 Å². The summed E-state index contributed by atoms with van der Waals surface area (Å²) >= 11 is 0. The Morgan fingerprint density at radius 2 is 1.67 bits per heavy atom. The Hall–Kier alpha value is -0.0800. The van der Waals surface area contributed by atoms with Crippen LogP contribution in [0.5, 0.6) is 0 Å². The second kappa shape index (κ2) is 4.49. The van der Waals surface area contributed by atoms with Gasteiger partial charge in [0, 0.05) is 32.2 Å². The summed E-state index contributed by atoms with van der Waals surface area (Å²) in [6.07, 6.45) is 7.92. The third-order valence-corrected chi connectivity index (χ3v) is 6.34. The van der Waals surface area contributed by atoms with E-state index in [9.17, 15) is 0 Å². The maximum Gasteiger partial charge on any atom is 0.0167 e. The zero-order valence-electron chi connectivity index (χ0n) is 11.8. The number of piperazine rings is 1. The third-order valence-electron chi connectivity index (χ3n) is 6.34. The molecule has 0 radical (unpaired) electrons. The third kappa shape index (κ3) is 2.02. The molecule has 0 spiro atoms. The molecule has 5 rings (SSSR count). The van der Waals surface area contributed by atoms with E-state index in [0.29, 0.717) is 6.04 Å². The molecule has 4 saturated carbocycles. The highest BCUT2D eigenvalue weighted by atomic mass is 15.2. The van der Waals surface area contributed by atoms with Crippen LogP contribution in [0.2, 0.25) is 0 Å².